The molecule has 18 heavy (non-hydrogen) atoms. The first-order chi connectivity index (χ1) is 8.36. The minimum Gasteiger partial charge on any atom is -0.458 e. The van der Waals surface area contributed by atoms with Crippen molar-refractivity contribution >= 4 is 11.9 Å². The van der Waals surface area contributed by atoms with Gasteiger partial charge in [-0.2, -0.15) is 0 Å². The fourth-order valence-electron chi connectivity index (χ4n) is 2.10. The average Bonchev–Trinajstić information content (AvgIpc) is 2.27. The molecule has 0 spiro atoms. The predicted molar refractivity (Wildman–Crippen MR) is 61.7 cm³/mol. The highest BCUT2D eigenvalue weighted by molar-refractivity contribution is 5.67. The fourth-order valence-corrected chi connectivity index (χ4v) is 2.10. The van der Waals surface area contributed by atoms with E-state index in [1.165, 1.54) is 13.8 Å². The Bertz CT molecular complexity index is 300. The molecule has 0 aliphatic carbocycles. The maximum absolute atomic E-state index is 11.1. The van der Waals surface area contributed by atoms with Crippen LogP contribution in [0.1, 0.15) is 27.7 Å². The zero-order valence-electron chi connectivity index (χ0n) is 11.1. The monoisotopic (exact) mass is 260 g/mol. The van der Waals surface area contributed by atoms with Gasteiger partial charge < -0.3 is 19.3 Å². The van der Waals surface area contributed by atoms with Crippen LogP contribution in [0.5, 0.6) is 0 Å². The van der Waals surface area contributed by atoms with Gasteiger partial charge in [-0.3, -0.25) is 9.59 Å². The Morgan fingerprint density at radius 2 is 1.61 bits per heavy atom. The molecular formula is C12H20O6. The summed E-state index contributed by atoms with van der Waals surface area (Å²) in [5.74, 6) is -1.07. The molecule has 1 fully saturated rings. The average molecular weight is 260 g/mol. The lowest BCUT2D eigenvalue weighted by atomic mass is 9.88. The third-order valence-corrected chi connectivity index (χ3v) is 3.12. The summed E-state index contributed by atoms with van der Waals surface area (Å²) in [6, 6.07) is 0. The Hall–Kier alpha value is -1.14. The Labute approximate surface area is 106 Å². The molecule has 1 aliphatic rings. The number of ether oxygens (including phenoxy) is 3. The van der Waals surface area contributed by atoms with Gasteiger partial charge in [-0.25, -0.2) is 0 Å². The van der Waals surface area contributed by atoms with Crippen molar-refractivity contribution in [3.63, 3.8) is 0 Å². The molecule has 6 nitrogen and oxygen atoms in total. The zero-order chi connectivity index (χ0) is 13.9. The summed E-state index contributed by atoms with van der Waals surface area (Å²) in [5, 5.41) is 9.27. The third-order valence-electron chi connectivity index (χ3n) is 3.12. The van der Waals surface area contributed by atoms with Crippen LogP contribution in [-0.4, -0.2) is 48.1 Å². The van der Waals surface area contributed by atoms with Crippen molar-refractivity contribution in [2.24, 2.45) is 5.92 Å². The van der Waals surface area contributed by atoms with E-state index >= 15 is 0 Å². The molecule has 5 atom stereocenters. The number of carbonyl (C=O) groups excluding carboxylic acids is 2. The van der Waals surface area contributed by atoms with E-state index in [1.807, 2.05) is 13.8 Å². The molecule has 1 aliphatic heterocycles. The summed E-state index contributed by atoms with van der Waals surface area (Å²) in [4.78, 5) is 22.2. The number of aliphatic hydroxyl groups excluding tert-OH is 1. The van der Waals surface area contributed by atoms with Crippen LogP contribution in [0, 0.1) is 5.92 Å². The second kappa shape index (κ2) is 6.15. The van der Waals surface area contributed by atoms with Crippen LogP contribution in [0.3, 0.4) is 0 Å². The quantitative estimate of drug-likeness (QED) is 0.733. The van der Waals surface area contributed by atoms with E-state index < -0.39 is 30.3 Å². The summed E-state index contributed by atoms with van der Waals surface area (Å²) in [6.07, 6.45) is -2.25. The Kier molecular flexibility index (Phi) is 5.10. The topological polar surface area (TPSA) is 82.1 Å². The number of rotatable bonds is 3. The molecule has 1 heterocycles. The van der Waals surface area contributed by atoms with Gasteiger partial charge in [-0.15, -0.1) is 0 Å². The van der Waals surface area contributed by atoms with Crippen molar-refractivity contribution in [3.05, 3.63) is 0 Å². The summed E-state index contributed by atoms with van der Waals surface area (Å²) in [7, 11) is 0. The van der Waals surface area contributed by atoms with Crippen LogP contribution in [0.2, 0.25) is 0 Å². The zero-order valence-corrected chi connectivity index (χ0v) is 11.1. The van der Waals surface area contributed by atoms with Crippen LogP contribution in [0.15, 0.2) is 0 Å². The van der Waals surface area contributed by atoms with Crippen molar-refractivity contribution in [1.82, 2.24) is 0 Å². The van der Waals surface area contributed by atoms with Gasteiger partial charge in [0.05, 0.1) is 12.7 Å². The fraction of sp³-hybridized carbons (Fsp3) is 0.833. The predicted octanol–water partition coefficient (Wildman–Crippen LogP) is 0.265. The van der Waals surface area contributed by atoms with E-state index in [1.54, 1.807) is 0 Å². The molecule has 0 amide bonds. The number of esters is 2. The Morgan fingerprint density at radius 1 is 1.11 bits per heavy atom. The summed E-state index contributed by atoms with van der Waals surface area (Å²) >= 11 is 0. The van der Waals surface area contributed by atoms with Gasteiger partial charge in [-0.1, -0.05) is 6.92 Å². The second-order valence-electron chi connectivity index (χ2n) is 4.57. The lowest BCUT2D eigenvalue weighted by Gasteiger charge is -2.42. The molecule has 0 radical (unpaired) electrons. The first kappa shape index (κ1) is 14.9. The van der Waals surface area contributed by atoms with Crippen LogP contribution in [0.25, 0.3) is 0 Å². The smallest absolute Gasteiger partial charge is 0.303 e. The maximum Gasteiger partial charge on any atom is 0.303 e. The van der Waals surface area contributed by atoms with Gasteiger partial charge in [0.1, 0.15) is 12.2 Å². The molecule has 6 heteroatoms. The van der Waals surface area contributed by atoms with Gasteiger partial charge in [0.15, 0.2) is 6.10 Å². The largest absolute Gasteiger partial charge is 0.458 e. The third kappa shape index (κ3) is 3.43. The highest BCUT2D eigenvalue weighted by Gasteiger charge is 2.45. The van der Waals surface area contributed by atoms with Gasteiger partial charge in [-0.05, 0) is 6.92 Å². The van der Waals surface area contributed by atoms with E-state index in [9.17, 15) is 14.7 Å². The molecule has 1 N–H and O–H groups in total. The Morgan fingerprint density at radius 3 is 2.06 bits per heavy atom. The molecule has 0 aromatic rings. The molecule has 0 saturated carbocycles. The van der Waals surface area contributed by atoms with E-state index in [-0.39, 0.29) is 18.6 Å². The van der Waals surface area contributed by atoms with Crippen LogP contribution in [0.4, 0.5) is 0 Å². The molecule has 0 bridgehead atoms. The standard InChI is InChI=1S/C12H20O6/c1-6-7(2)16-10(5-13)12(18-9(4)15)11(6)17-8(3)14/h6-7,10-13H,5H2,1-4H3/t6-,7-,10+,11+,12+/m0/s1. The van der Waals surface area contributed by atoms with Gasteiger partial charge in [0.2, 0.25) is 0 Å². The molecule has 0 aromatic heterocycles. The first-order valence-corrected chi connectivity index (χ1v) is 5.97. The second-order valence-corrected chi connectivity index (χ2v) is 4.57. The summed E-state index contributed by atoms with van der Waals surface area (Å²) < 4.78 is 15.9. The van der Waals surface area contributed by atoms with E-state index in [0.29, 0.717) is 0 Å². The van der Waals surface area contributed by atoms with Gasteiger partial charge >= 0.3 is 11.9 Å². The van der Waals surface area contributed by atoms with E-state index in [0.717, 1.165) is 0 Å². The number of carbonyl (C=O) groups is 2. The summed E-state index contributed by atoms with van der Waals surface area (Å²) in [5.41, 5.74) is 0. The van der Waals surface area contributed by atoms with Crippen LogP contribution >= 0.6 is 0 Å². The maximum atomic E-state index is 11.1. The van der Waals surface area contributed by atoms with Crippen LogP contribution < -0.4 is 0 Å². The van der Waals surface area contributed by atoms with Crippen LogP contribution in [-0.2, 0) is 23.8 Å². The SMILES string of the molecule is CC(=O)O[C@@H]1[C@@H](C)[C@H](C)O[C@H](CO)[C@H]1OC(C)=O. The van der Waals surface area contributed by atoms with Crippen molar-refractivity contribution in [1.29, 1.82) is 0 Å². The minimum atomic E-state index is -0.775. The summed E-state index contributed by atoms with van der Waals surface area (Å²) in [6.45, 7) is 5.94. The first-order valence-electron chi connectivity index (χ1n) is 5.97. The molecule has 1 saturated heterocycles. The molecule has 0 unspecified atom stereocenters. The van der Waals surface area contributed by atoms with E-state index in [4.69, 9.17) is 14.2 Å². The molecular weight excluding hydrogens is 240 g/mol. The van der Waals surface area contributed by atoms with Gasteiger partial charge in [0.25, 0.3) is 0 Å². The highest BCUT2D eigenvalue weighted by atomic mass is 16.6. The van der Waals surface area contributed by atoms with Crippen molar-refractivity contribution < 1.29 is 28.9 Å². The van der Waals surface area contributed by atoms with Crippen molar-refractivity contribution in [2.75, 3.05) is 6.61 Å². The van der Waals surface area contributed by atoms with E-state index in [2.05, 4.69) is 0 Å². The minimum absolute atomic E-state index is 0.124. The van der Waals surface area contributed by atoms with Crippen molar-refractivity contribution in [3.8, 4) is 0 Å². The number of hydrogen-bond acceptors (Lipinski definition) is 6. The lowest BCUT2D eigenvalue weighted by molar-refractivity contribution is -0.225. The molecule has 0 aromatic carbocycles. The number of hydrogen-bond donors (Lipinski definition) is 1. The number of aliphatic hydroxyl groups is 1. The molecule has 104 valence electrons. The van der Waals surface area contributed by atoms with Crippen molar-refractivity contribution in [2.45, 2.75) is 52.1 Å². The highest BCUT2D eigenvalue weighted by Crippen LogP contribution is 2.30. The normalized spacial score (nSPS) is 35.9. The lowest BCUT2D eigenvalue weighted by Crippen LogP contribution is -2.56. The Balaban J connectivity index is 2.92. The van der Waals surface area contributed by atoms with Gasteiger partial charge in [0, 0.05) is 19.8 Å². The molecule has 1 rings (SSSR count).